The van der Waals surface area contributed by atoms with Crippen molar-refractivity contribution in [1.29, 1.82) is 0 Å². The van der Waals surface area contributed by atoms with Crippen molar-refractivity contribution >= 4 is 31.1 Å². The van der Waals surface area contributed by atoms with Gasteiger partial charge in [-0.3, -0.25) is 4.79 Å². The normalized spacial score (nSPS) is 20.3. The van der Waals surface area contributed by atoms with Gasteiger partial charge in [0.15, 0.2) is 0 Å². The molecular formula is C16H20BClO4. The number of hydrogen-bond donors (Lipinski definition) is 1. The van der Waals surface area contributed by atoms with Crippen LogP contribution >= 0.6 is 11.6 Å². The highest BCUT2D eigenvalue weighted by molar-refractivity contribution is 6.56. The molecule has 118 valence electrons. The Morgan fingerprint density at radius 3 is 2.32 bits per heavy atom. The van der Waals surface area contributed by atoms with Gasteiger partial charge >= 0.3 is 7.12 Å². The fourth-order valence-corrected chi connectivity index (χ4v) is 2.36. The highest BCUT2D eigenvalue weighted by Gasteiger charge is 2.52. The molecule has 0 spiro atoms. The maximum Gasteiger partial charge on any atom is 0.492 e. The SMILES string of the molecule is CC1(C)OB(C(=Cc2ccc(C=O)cc2Cl)CO)OC1(C)C. The van der Waals surface area contributed by atoms with E-state index in [2.05, 4.69) is 0 Å². The quantitative estimate of drug-likeness (QED) is 0.683. The molecule has 0 radical (unpaired) electrons. The van der Waals surface area contributed by atoms with Gasteiger partial charge in [-0.15, -0.1) is 0 Å². The van der Waals surface area contributed by atoms with Crippen LogP contribution in [0.5, 0.6) is 0 Å². The van der Waals surface area contributed by atoms with Crippen LogP contribution in [0.15, 0.2) is 23.7 Å². The van der Waals surface area contributed by atoms with Crippen molar-refractivity contribution in [2.24, 2.45) is 0 Å². The molecule has 0 aliphatic carbocycles. The van der Waals surface area contributed by atoms with Crippen molar-refractivity contribution in [2.75, 3.05) is 6.61 Å². The van der Waals surface area contributed by atoms with E-state index in [1.807, 2.05) is 27.7 Å². The molecule has 1 N–H and O–H groups in total. The lowest BCUT2D eigenvalue weighted by Crippen LogP contribution is -2.41. The van der Waals surface area contributed by atoms with Gasteiger partial charge in [-0.25, -0.2) is 0 Å². The number of aliphatic hydroxyl groups is 1. The predicted octanol–water partition coefficient (Wildman–Crippen LogP) is 3.16. The van der Waals surface area contributed by atoms with Crippen LogP contribution in [0.4, 0.5) is 0 Å². The van der Waals surface area contributed by atoms with Crippen molar-refractivity contribution in [2.45, 2.75) is 38.9 Å². The number of halogens is 1. The molecule has 4 nitrogen and oxygen atoms in total. The summed E-state index contributed by atoms with van der Waals surface area (Å²) in [5.41, 5.74) is 0.836. The number of carbonyl (C=O) groups excluding carboxylic acids is 1. The Morgan fingerprint density at radius 1 is 1.27 bits per heavy atom. The summed E-state index contributed by atoms with van der Waals surface area (Å²) in [5.74, 6) is 0. The second-order valence-corrected chi connectivity index (χ2v) is 6.77. The third-order valence-corrected chi connectivity index (χ3v) is 4.57. The van der Waals surface area contributed by atoms with Crippen LogP contribution in [-0.4, -0.2) is 36.3 Å². The highest BCUT2D eigenvalue weighted by Crippen LogP contribution is 2.39. The lowest BCUT2D eigenvalue weighted by Gasteiger charge is -2.32. The van der Waals surface area contributed by atoms with Gasteiger partial charge in [0.1, 0.15) is 6.29 Å². The molecule has 0 bridgehead atoms. The van der Waals surface area contributed by atoms with Crippen molar-refractivity contribution in [1.82, 2.24) is 0 Å². The first-order chi connectivity index (χ1) is 10.2. The Labute approximate surface area is 136 Å². The minimum absolute atomic E-state index is 0.206. The van der Waals surface area contributed by atoms with Crippen LogP contribution in [0.1, 0.15) is 43.6 Å². The van der Waals surface area contributed by atoms with E-state index in [0.717, 1.165) is 6.29 Å². The summed E-state index contributed by atoms with van der Waals surface area (Å²) in [5, 5.41) is 10.1. The molecule has 1 aliphatic heterocycles. The zero-order valence-electron chi connectivity index (χ0n) is 13.2. The van der Waals surface area contributed by atoms with Crippen LogP contribution in [-0.2, 0) is 9.31 Å². The molecule has 6 heteroatoms. The van der Waals surface area contributed by atoms with Gasteiger partial charge in [-0.1, -0.05) is 29.8 Å². The summed E-state index contributed by atoms with van der Waals surface area (Å²) in [6.07, 6.45) is 2.47. The van der Waals surface area contributed by atoms with Crippen molar-refractivity contribution in [3.8, 4) is 0 Å². The zero-order valence-corrected chi connectivity index (χ0v) is 14.0. The first-order valence-electron chi connectivity index (χ1n) is 7.12. The monoisotopic (exact) mass is 322 g/mol. The van der Waals surface area contributed by atoms with Crippen molar-refractivity contribution in [3.05, 3.63) is 39.8 Å². The van der Waals surface area contributed by atoms with Gasteiger partial charge in [0.2, 0.25) is 0 Å². The molecular weight excluding hydrogens is 302 g/mol. The fourth-order valence-electron chi connectivity index (χ4n) is 2.12. The van der Waals surface area contributed by atoms with Crippen molar-refractivity contribution in [3.63, 3.8) is 0 Å². The number of rotatable bonds is 4. The van der Waals surface area contributed by atoms with E-state index in [0.29, 0.717) is 21.6 Å². The van der Waals surface area contributed by atoms with Gasteiger partial charge in [0.25, 0.3) is 0 Å². The Morgan fingerprint density at radius 2 is 1.86 bits per heavy atom. The summed E-state index contributed by atoms with van der Waals surface area (Å²) < 4.78 is 11.8. The highest BCUT2D eigenvalue weighted by atomic mass is 35.5. The molecule has 0 unspecified atom stereocenters. The molecule has 22 heavy (non-hydrogen) atoms. The van der Waals surface area contributed by atoms with E-state index in [1.54, 1.807) is 24.3 Å². The largest absolute Gasteiger partial charge is 0.492 e. The van der Waals surface area contributed by atoms with Crippen LogP contribution in [0.25, 0.3) is 6.08 Å². The second kappa shape index (κ2) is 6.16. The van der Waals surface area contributed by atoms with E-state index in [4.69, 9.17) is 20.9 Å². The summed E-state index contributed by atoms with van der Waals surface area (Å²) in [7, 11) is -0.628. The minimum Gasteiger partial charge on any atom is -0.400 e. The average molecular weight is 323 g/mol. The van der Waals surface area contributed by atoms with Crippen molar-refractivity contribution < 1.29 is 19.2 Å². The molecule has 1 aromatic carbocycles. The topological polar surface area (TPSA) is 55.8 Å². The van der Waals surface area contributed by atoms with Gasteiger partial charge in [0, 0.05) is 10.6 Å². The van der Waals surface area contributed by atoms with Gasteiger partial charge in [-0.2, -0.15) is 0 Å². The third kappa shape index (κ3) is 3.28. The Kier molecular flexibility index (Phi) is 4.83. The first-order valence-corrected chi connectivity index (χ1v) is 7.49. The Balaban J connectivity index is 2.31. The van der Waals surface area contributed by atoms with Crippen LogP contribution in [0, 0.1) is 0 Å². The molecule has 1 fully saturated rings. The Bertz CT molecular complexity index is 594. The minimum atomic E-state index is -0.628. The van der Waals surface area contributed by atoms with Gasteiger partial charge < -0.3 is 14.4 Å². The van der Waals surface area contributed by atoms with Gasteiger partial charge in [0.05, 0.1) is 17.8 Å². The molecule has 1 aromatic rings. The average Bonchev–Trinajstić information content (AvgIpc) is 2.65. The smallest absolute Gasteiger partial charge is 0.400 e. The molecule has 1 aliphatic rings. The second-order valence-electron chi connectivity index (χ2n) is 6.36. The van der Waals surface area contributed by atoms with E-state index in [-0.39, 0.29) is 6.61 Å². The molecule has 1 heterocycles. The fraction of sp³-hybridized carbons (Fsp3) is 0.438. The Hall–Kier alpha value is -1.14. The lowest BCUT2D eigenvalue weighted by atomic mass is 9.77. The first kappa shape index (κ1) is 17.2. The zero-order chi connectivity index (χ0) is 16.5. The third-order valence-electron chi connectivity index (χ3n) is 4.24. The van der Waals surface area contributed by atoms with E-state index in [1.165, 1.54) is 0 Å². The number of benzene rings is 1. The summed E-state index contributed by atoms with van der Waals surface area (Å²) in [6, 6.07) is 4.98. The molecule has 0 amide bonds. The lowest BCUT2D eigenvalue weighted by molar-refractivity contribution is 0.00578. The number of carbonyl (C=O) groups is 1. The molecule has 2 rings (SSSR count). The predicted molar refractivity (Wildman–Crippen MR) is 88.0 cm³/mol. The molecule has 0 saturated carbocycles. The molecule has 0 aromatic heterocycles. The number of hydrogen-bond acceptors (Lipinski definition) is 4. The van der Waals surface area contributed by atoms with Gasteiger partial charge in [-0.05, 0) is 44.8 Å². The summed E-state index contributed by atoms with van der Waals surface area (Å²) in [4.78, 5) is 10.7. The van der Waals surface area contributed by atoms with E-state index >= 15 is 0 Å². The van der Waals surface area contributed by atoms with Crippen LogP contribution in [0.3, 0.4) is 0 Å². The van der Waals surface area contributed by atoms with Crippen LogP contribution < -0.4 is 0 Å². The maximum atomic E-state index is 10.7. The number of aliphatic hydroxyl groups excluding tert-OH is 1. The molecule has 0 atom stereocenters. The summed E-state index contributed by atoms with van der Waals surface area (Å²) >= 11 is 6.16. The van der Waals surface area contributed by atoms with Crippen LogP contribution in [0.2, 0.25) is 5.02 Å². The standard InChI is InChI=1S/C16H20BClO4/c1-15(2)16(3,4)22-17(21-15)13(10-20)8-12-6-5-11(9-19)7-14(12)18/h5-9,20H,10H2,1-4H3. The number of aldehydes is 1. The summed E-state index contributed by atoms with van der Waals surface area (Å²) in [6.45, 7) is 7.60. The molecule has 1 saturated heterocycles. The maximum absolute atomic E-state index is 10.7. The van der Waals surface area contributed by atoms with E-state index < -0.39 is 18.3 Å². The van der Waals surface area contributed by atoms with E-state index in [9.17, 15) is 9.90 Å².